The van der Waals surface area contributed by atoms with E-state index >= 15 is 0 Å². The molecule has 0 aliphatic carbocycles. The second-order valence-corrected chi connectivity index (χ2v) is 18.2. The summed E-state index contributed by atoms with van der Waals surface area (Å²) >= 11 is 0. The Balaban J connectivity index is 1.95. The lowest BCUT2D eigenvalue weighted by Gasteiger charge is -2.18. The lowest BCUT2D eigenvalue weighted by atomic mass is 10.1. The molecule has 0 radical (unpaired) electrons. The molecule has 0 saturated carbocycles. The molecule has 0 saturated heterocycles. The third kappa shape index (κ3) is 11.1. The van der Waals surface area contributed by atoms with E-state index in [1.807, 2.05) is 0 Å². The average molecular weight is 731 g/mol. The number of hydrogen-bond donors (Lipinski definition) is 3. The number of fused-ring (bicyclic) bond motifs is 1. The van der Waals surface area contributed by atoms with Crippen LogP contribution in [0.3, 0.4) is 0 Å². The van der Waals surface area contributed by atoms with Crippen LogP contribution in [-0.4, -0.2) is 89.4 Å². The van der Waals surface area contributed by atoms with Crippen molar-refractivity contribution in [2.45, 2.75) is 70.4 Å². The van der Waals surface area contributed by atoms with Crippen molar-refractivity contribution in [2.24, 2.45) is 0 Å². The zero-order valence-electron chi connectivity index (χ0n) is 28.0. The van der Waals surface area contributed by atoms with E-state index in [1.54, 1.807) is 14.1 Å². The highest BCUT2D eigenvalue weighted by Gasteiger charge is 2.44. The van der Waals surface area contributed by atoms with Crippen LogP contribution < -0.4 is 20.9 Å². The molecule has 13 nitrogen and oxygen atoms in total. The Morgan fingerprint density at radius 1 is 1.18 bits per heavy atom. The number of carboxylic acid groups (broad SMARTS) is 1. The Labute approximate surface area is 284 Å². The number of halogens is 5. The molecule has 1 unspecified atom stereocenters. The van der Waals surface area contributed by atoms with Gasteiger partial charge in [0.2, 0.25) is 11.8 Å². The largest absolute Gasteiger partial charge is 0.465 e. The van der Waals surface area contributed by atoms with Gasteiger partial charge in [-0.25, -0.2) is 14.2 Å². The third-order valence-electron chi connectivity index (χ3n) is 7.11. The van der Waals surface area contributed by atoms with Crippen LogP contribution in [0.1, 0.15) is 18.7 Å². The molecule has 0 aliphatic heterocycles. The van der Waals surface area contributed by atoms with E-state index in [0.717, 1.165) is 16.7 Å². The van der Waals surface area contributed by atoms with Gasteiger partial charge in [-0.1, -0.05) is 25.7 Å². The first-order chi connectivity index (χ1) is 23.3. The summed E-state index contributed by atoms with van der Waals surface area (Å²) in [5.74, 6) is -3.25. The Morgan fingerprint density at radius 3 is 2.50 bits per heavy atom. The van der Waals surface area contributed by atoms with E-state index in [2.05, 4.69) is 40.0 Å². The number of amides is 3. The van der Waals surface area contributed by atoms with Crippen LogP contribution in [0, 0.1) is 5.82 Å². The number of pyridine rings is 1. The summed E-state index contributed by atoms with van der Waals surface area (Å²) in [7, 11) is 1.55. The minimum absolute atomic E-state index is 0.0288. The van der Waals surface area contributed by atoms with E-state index in [-0.39, 0.29) is 55.7 Å². The zero-order valence-corrected chi connectivity index (χ0v) is 29.0. The SMILES string of the molecule is CN(C)C(=O)/C=C/CCC(NC(=O)O)C(=O)Nc1cccn(Cc2nc3c(OC(F)(F)C(F)F)cc(F)cc3n2COCC[Si](C)(C)C)c1=O. The topological polar surface area (TPSA) is 157 Å². The van der Waals surface area contributed by atoms with Gasteiger partial charge in [0.15, 0.2) is 5.75 Å². The molecule has 1 aromatic carbocycles. The first kappa shape index (κ1) is 39.7. The zero-order chi connectivity index (χ0) is 37.4. The fourth-order valence-electron chi connectivity index (χ4n) is 4.42. The number of carbonyl (C=O) groups is 3. The smallest absolute Gasteiger partial charge is 0.461 e. The highest BCUT2D eigenvalue weighted by atomic mass is 28.3. The van der Waals surface area contributed by atoms with Crippen molar-refractivity contribution in [3.05, 3.63) is 64.6 Å². The van der Waals surface area contributed by atoms with Gasteiger partial charge in [-0.2, -0.15) is 17.6 Å². The Hall–Kier alpha value is -4.78. The predicted molar refractivity (Wildman–Crippen MR) is 176 cm³/mol. The van der Waals surface area contributed by atoms with E-state index in [4.69, 9.17) is 4.74 Å². The number of rotatable bonds is 17. The van der Waals surface area contributed by atoms with Crippen molar-refractivity contribution >= 4 is 42.7 Å². The molecule has 3 amide bonds. The minimum Gasteiger partial charge on any atom is -0.465 e. The molecular weight excluding hydrogens is 691 g/mol. The van der Waals surface area contributed by atoms with Gasteiger partial charge in [0, 0.05) is 47.1 Å². The van der Waals surface area contributed by atoms with Gasteiger partial charge in [-0.05, 0) is 37.1 Å². The van der Waals surface area contributed by atoms with Crippen LogP contribution in [0.2, 0.25) is 25.7 Å². The molecule has 274 valence electrons. The van der Waals surface area contributed by atoms with E-state index in [9.17, 15) is 46.2 Å². The summed E-state index contributed by atoms with van der Waals surface area (Å²) in [5, 5.41) is 13.7. The lowest BCUT2D eigenvalue weighted by molar-refractivity contribution is -0.252. The maximum absolute atomic E-state index is 14.6. The first-order valence-electron chi connectivity index (χ1n) is 15.3. The lowest BCUT2D eigenvalue weighted by Crippen LogP contribution is -2.44. The molecule has 0 fully saturated rings. The highest BCUT2D eigenvalue weighted by Crippen LogP contribution is 2.34. The van der Waals surface area contributed by atoms with Crippen molar-refractivity contribution in [3.63, 3.8) is 0 Å². The van der Waals surface area contributed by atoms with Gasteiger partial charge in [0.1, 0.15) is 35.6 Å². The van der Waals surface area contributed by atoms with Crippen LogP contribution in [0.15, 0.2) is 47.4 Å². The van der Waals surface area contributed by atoms with Gasteiger partial charge in [-0.3, -0.25) is 14.4 Å². The molecule has 3 rings (SSSR count). The fourth-order valence-corrected chi connectivity index (χ4v) is 5.17. The minimum atomic E-state index is -4.96. The molecule has 2 aromatic heterocycles. The Morgan fingerprint density at radius 2 is 1.88 bits per heavy atom. The second kappa shape index (κ2) is 16.7. The van der Waals surface area contributed by atoms with Crippen molar-refractivity contribution in [2.75, 3.05) is 26.0 Å². The van der Waals surface area contributed by atoms with Crippen LogP contribution >= 0.6 is 0 Å². The Bertz CT molecular complexity index is 1770. The maximum atomic E-state index is 14.6. The summed E-state index contributed by atoms with van der Waals surface area (Å²) in [6.45, 7) is 5.96. The number of nitrogens with zero attached hydrogens (tertiary/aromatic N) is 4. The molecule has 0 aliphatic rings. The van der Waals surface area contributed by atoms with Crippen molar-refractivity contribution in [3.8, 4) is 5.75 Å². The number of anilines is 1. The number of likely N-dealkylation sites (N-methyl/N-ethyl adjacent to an activating group) is 1. The number of hydrogen-bond acceptors (Lipinski definition) is 7. The van der Waals surface area contributed by atoms with E-state index in [1.165, 1.54) is 39.9 Å². The summed E-state index contributed by atoms with van der Waals surface area (Å²) in [4.78, 5) is 55.2. The van der Waals surface area contributed by atoms with Crippen LogP contribution in [0.25, 0.3) is 11.0 Å². The standard InChI is InChI=1S/C31H39F5N6O7Si/c1-40(2)25(43)11-7-6-9-20(38-30(46)47)27(44)37-21-10-8-12-41(28(21)45)17-24-39-26-22(42(24)18-48-13-14-50(3,4)5)15-19(32)16-23(26)49-31(35,36)29(33)34/h7-8,10-12,15-16,20,29,38H,6,9,13-14,17-18H2,1-5H3,(H,37,44)(H,46,47)/b11-7+. The molecule has 3 aromatic rings. The predicted octanol–water partition coefficient (Wildman–Crippen LogP) is 4.93. The van der Waals surface area contributed by atoms with Crippen molar-refractivity contribution in [1.82, 2.24) is 24.3 Å². The second-order valence-electron chi connectivity index (χ2n) is 12.6. The number of carbonyl (C=O) groups excluding carboxylic acids is 2. The molecule has 3 N–H and O–H groups in total. The monoisotopic (exact) mass is 730 g/mol. The van der Waals surface area contributed by atoms with Crippen molar-refractivity contribution < 1.29 is 50.9 Å². The number of aromatic nitrogens is 3. The van der Waals surface area contributed by atoms with Gasteiger partial charge >= 0.3 is 18.6 Å². The number of imidazole rings is 1. The number of nitrogens with one attached hydrogen (secondary N) is 2. The summed E-state index contributed by atoms with van der Waals surface area (Å²) < 4.78 is 80.7. The Kier molecular flexibility index (Phi) is 13.3. The normalized spacial score (nSPS) is 12.8. The van der Waals surface area contributed by atoms with Gasteiger partial charge in [0.05, 0.1) is 12.1 Å². The fraction of sp³-hybridized carbons (Fsp3) is 0.452. The molecule has 1 atom stereocenters. The summed E-state index contributed by atoms with van der Waals surface area (Å²) in [6.07, 6.45) is -6.54. The van der Waals surface area contributed by atoms with Gasteiger partial charge in [0.25, 0.3) is 5.56 Å². The number of allylic oxidation sites excluding steroid dienone is 1. The highest BCUT2D eigenvalue weighted by molar-refractivity contribution is 6.76. The first-order valence-corrected chi connectivity index (χ1v) is 19.0. The van der Waals surface area contributed by atoms with Crippen LogP contribution in [0.4, 0.5) is 32.4 Å². The molecule has 0 bridgehead atoms. The average Bonchev–Trinajstić information content (AvgIpc) is 3.34. The molecule has 19 heteroatoms. The molecular formula is C31H39F5N6O7Si. The van der Waals surface area contributed by atoms with Crippen LogP contribution in [-0.2, 0) is 27.6 Å². The maximum Gasteiger partial charge on any atom is 0.461 e. The summed E-state index contributed by atoms with van der Waals surface area (Å²) in [5.41, 5.74) is -1.56. The number of alkyl halides is 4. The molecule has 50 heavy (non-hydrogen) atoms. The van der Waals surface area contributed by atoms with Gasteiger partial charge in [-0.15, -0.1) is 0 Å². The van der Waals surface area contributed by atoms with Gasteiger partial charge < -0.3 is 39.2 Å². The quantitative estimate of drug-likeness (QED) is 0.0764. The van der Waals surface area contributed by atoms with E-state index in [0.29, 0.717) is 6.07 Å². The van der Waals surface area contributed by atoms with E-state index < -0.39 is 61.3 Å². The molecule has 2 heterocycles. The number of benzene rings is 1. The third-order valence-corrected chi connectivity index (χ3v) is 8.81. The number of ether oxygens (including phenoxy) is 2. The summed E-state index contributed by atoms with van der Waals surface area (Å²) in [6, 6.07) is 3.51. The molecule has 0 spiro atoms. The van der Waals surface area contributed by atoms with Crippen LogP contribution in [0.5, 0.6) is 5.75 Å². The van der Waals surface area contributed by atoms with Crippen molar-refractivity contribution in [1.29, 1.82) is 0 Å².